The molecule has 0 bridgehead atoms. The number of carbonyl (C=O) groups is 2. The van der Waals surface area contributed by atoms with Crippen molar-refractivity contribution < 1.29 is 24.7 Å². The number of nitrogens with one attached hydrogen (secondary N) is 2. The molecular formula is C22H38BN5O6. The minimum Gasteiger partial charge on any atom is -0.426 e. The summed E-state index contributed by atoms with van der Waals surface area (Å²) in [5.41, 5.74) is 7.97. The number of nitrogens with zero attached hydrogens (tertiary/aromatic N) is 2. The van der Waals surface area contributed by atoms with Gasteiger partial charge in [-0.3, -0.25) is 9.59 Å². The van der Waals surface area contributed by atoms with E-state index in [1.165, 1.54) is 0 Å². The summed E-state index contributed by atoms with van der Waals surface area (Å²) < 4.78 is 0. The lowest BCUT2D eigenvalue weighted by molar-refractivity contribution is -0.525. The van der Waals surface area contributed by atoms with Gasteiger partial charge in [0.25, 0.3) is 5.96 Å². The molecule has 1 unspecified atom stereocenters. The van der Waals surface area contributed by atoms with Crippen molar-refractivity contribution >= 4 is 24.8 Å². The molecule has 0 saturated heterocycles. The number of guanidine groups is 1. The minimum atomic E-state index is -1.73. The summed E-state index contributed by atoms with van der Waals surface area (Å²) in [5, 5.41) is 31.5. The van der Waals surface area contributed by atoms with Crippen LogP contribution in [0.5, 0.6) is 0 Å². The predicted molar refractivity (Wildman–Crippen MR) is 132 cm³/mol. The Hall–Kier alpha value is -2.99. The van der Waals surface area contributed by atoms with Crippen molar-refractivity contribution in [3.63, 3.8) is 0 Å². The fraction of sp³-hybridized carbons (Fsp3) is 0.591. The number of rotatable bonds is 14. The fourth-order valence-corrected chi connectivity index (χ4v) is 3.40. The van der Waals surface area contributed by atoms with Crippen LogP contribution in [0.4, 0.5) is 0 Å². The van der Waals surface area contributed by atoms with Crippen LogP contribution in [0.3, 0.4) is 0 Å². The molecule has 1 aromatic rings. The van der Waals surface area contributed by atoms with E-state index in [9.17, 15) is 29.8 Å². The zero-order chi connectivity index (χ0) is 25.0. The standard InChI is InChI=1S/C21H34BN5O6.CH4/c1-14(2)12-19(22(30)31)25-20(29)17(10-7-11-24-21(23)26-27(32)33)13-18(28)15(3)16-8-5-4-6-9-16;/h4-6,8-9,14-15,17,19,30-31H,7,10-13H2,1-3H3,(H,25,29)(H3,23,24,26);1H4/t15?,17-,19+;/m1./s1. The predicted octanol–water partition coefficient (Wildman–Crippen LogP) is 1.42. The first-order chi connectivity index (χ1) is 15.5. The van der Waals surface area contributed by atoms with Crippen LogP contribution in [0.15, 0.2) is 35.3 Å². The maximum absolute atomic E-state index is 13.0. The molecule has 0 heterocycles. The molecule has 12 heteroatoms. The maximum atomic E-state index is 13.0. The summed E-state index contributed by atoms with van der Waals surface area (Å²) in [6, 6.07) is 9.22. The molecule has 0 spiro atoms. The molecular weight excluding hydrogens is 441 g/mol. The highest BCUT2D eigenvalue weighted by molar-refractivity contribution is 6.43. The van der Waals surface area contributed by atoms with Crippen molar-refractivity contribution in [3.05, 3.63) is 46.0 Å². The quantitative estimate of drug-likeness (QED) is 0.0663. The summed E-state index contributed by atoms with van der Waals surface area (Å²) in [7, 11) is -1.73. The zero-order valence-electron chi connectivity index (χ0n) is 19.3. The van der Waals surface area contributed by atoms with Gasteiger partial charge in [0.15, 0.2) is 5.03 Å². The SMILES string of the molecule is C.CC(C)C[C@H](NC(=O)[C@H](CCCN=C(N)N[N+](=O)[O-])CC(=O)C(C)c1ccccc1)B(O)O. The van der Waals surface area contributed by atoms with Crippen LogP contribution in [0.2, 0.25) is 0 Å². The van der Waals surface area contributed by atoms with Gasteiger partial charge in [-0.05, 0) is 30.7 Å². The van der Waals surface area contributed by atoms with E-state index in [0.29, 0.717) is 12.8 Å². The van der Waals surface area contributed by atoms with Crippen LogP contribution < -0.4 is 16.5 Å². The Kier molecular flexibility index (Phi) is 14.4. The molecule has 1 rings (SSSR count). The highest BCUT2D eigenvalue weighted by Crippen LogP contribution is 2.22. The van der Waals surface area contributed by atoms with Crippen molar-refractivity contribution in [2.24, 2.45) is 22.6 Å². The van der Waals surface area contributed by atoms with Crippen molar-refractivity contribution in [2.75, 3.05) is 6.54 Å². The van der Waals surface area contributed by atoms with Gasteiger partial charge in [-0.1, -0.05) is 64.0 Å². The highest BCUT2D eigenvalue weighted by Gasteiger charge is 2.31. The second kappa shape index (κ2) is 15.8. The van der Waals surface area contributed by atoms with Crippen LogP contribution >= 0.6 is 0 Å². The van der Waals surface area contributed by atoms with Crippen LogP contribution in [-0.2, 0) is 9.59 Å². The van der Waals surface area contributed by atoms with Gasteiger partial charge < -0.3 is 21.1 Å². The first-order valence-electron chi connectivity index (χ1n) is 11.0. The van der Waals surface area contributed by atoms with Gasteiger partial charge in [-0.15, -0.1) is 0 Å². The van der Waals surface area contributed by atoms with E-state index in [-0.39, 0.29) is 44.5 Å². The molecule has 34 heavy (non-hydrogen) atoms. The molecule has 0 aliphatic carbocycles. The Morgan fingerprint density at radius 3 is 2.35 bits per heavy atom. The largest absolute Gasteiger partial charge is 0.475 e. The average molecular weight is 479 g/mol. The second-order valence-electron chi connectivity index (χ2n) is 8.44. The Morgan fingerprint density at radius 1 is 1.21 bits per heavy atom. The molecule has 190 valence electrons. The molecule has 0 aliphatic rings. The van der Waals surface area contributed by atoms with Gasteiger partial charge in [-0.2, -0.15) is 0 Å². The lowest BCUT2D eigenvalue weighted by Crippen LogP contribution is -2.49. The summed E-state index contributed by atoms with van der Waals surface area (Å²) >= 11 is 0. The minimum absolute atomic E-state index is 0. The first-order valence-corrected chi connectivity index (χ1v) is 11.0. The van der Waals surface area contributed by atoms with E-state index in [2.05, 4.69) is 10.3 Å². The molecule has 0 radical (unpaired) electrons. The van der Waals surface area contributed by atoms with E-state index in [1.807, 2.05) is 44.2 Å². The number of hydrogen-bond acceptors (Lipinski definition) is 7. The smallest absolute Gasteiger partial charge is 0.426 e. The first kappa shape index (κ1) is 31.0. The highest BCUT2D eigenvalue weighted by atomic mass is 16.7. The molecule has 0 saturated carbocycles. The molecule has 0 fully saturated rings. The number of nitrogens with two attached hydrogens (primary N) is 1. The van der Waals surface area contributed by atoms with E-state index in [1.54, 1.807) is 12.3 Å². The molecule has 0 aliphatic heterocycles. The molecule has 6 N–H and O–H groups in total. The van der Waals surface area contributed by atoms with E-state index >= 15 is 0 Å². The Balaban J connectivity index is 0.0000109. The number of hydrazine groups is 1. The summed E-state index contributed by atoms with van der Waals surface area (Å²) in [6.45, 7) is 5.69. The molecule has 11 nitrogen and oxygen atoms in total. The van der Waals surface area contributed by atoms with Gasteiger partial charge in [0.1, 0.15) is 5.78 Å². The fourth-order valence-electron chi connectivity index (χ4n) is 3.40. The monoisotopic (exact) mass is 479 g/mol. The Labute approximate surface area is 201 Å². The number of ketones is 1. The lowest BCUT2D eigenvalue weighted by atomic mass is 9.74. The van der Waals surface area contributed by atoms with E-state index < -0.39 is 35.8 Å². The number of aliphatic imine (C=N–C) groups is 1. The van der Waals surface area contributed by atoms with E-state index in [4.69, 9.17) is 5.73 Å². The van der Waals surface area contributed by atoms with Crippen LogP contribution in [0.1, 0.15) is 65.4 Å². The lowest BCUT2D eigenvalue weighted by Gasteiger charge is -2.24. The van der Waals surface area contributed by atoms with Gasteiger partial charge in [0.2, 0.25) is 5.91 Å². The third-order valence-electron chi connectivity index (χ3n) is 5.21. The topological polar surface area (TPSA) is 180 Å². The van der Waals surface area contributed by atoms with E-state index in [0.717, 1.165) is 5.56 Å². The number of benzene rings is 1. The molecule has 1 aromatic carbocycles. The normalized spacial score (nSPS) is 13.9. The number of Topliss-reactive ketones (excluding diaryl/α,β-unsaturated/α-hetero) is 1. The van der Waals surface area contributed by atoms with Crippen LogP contribution in [0.25, 0.3) is 0 Å². The zero-order valence-corrected chi connectivity index (χ0v) is 19.3. The maximum Gasteiger partial charge on any atom is 0.475 e. The molecule has 1 amide bonds. The number of carbonyl (C=O) groups excluding carboxylic acids is 2. The number of amides is 1. The van der Waals surface area contributed by atoms with Crippen molar-refractivity contribution in [1.82, 2.24) is 10.7 Å². The van der Waals surface area contributed by atoms with Gasteiger partial charge in [0, 0.05) is 24.8 Å². The average Bonchev–Trinajstić information content (AvgIpc) is 2.74. The summed E-state index contributed by atoms with van der Waals surface area (Å²) in [5.74, 6) is -2.81. The molecule has 3 atom stereocenters. The summed E-state index contributed by atoms with van der Waals surface area (Å²) in [4.78, 5) is 40.1. The van der Waals surface area contributed by atoms with Crippen LogP contribution in [-0.4, -0.2) is 52.3 Å². The van der Waals surface area contributed by atoms with Crippen molar-refractivity contribution in [2.45, 2.75) is 65.7 Å². The van der Waals surface area contributed by atoms with Crippen molar-refractivity contribution in [3.8, 4) is 0 Å². The Bertz CT molecular complexity index is 806. The van der Waals surface area contributed by atoms with Gasteiger partial charge >= 0.3 is 7.12 Å². The Morgan fingerprint density at radius 2 is 1.82 bits per heavy atom. The molecule has 0 aromatic heterocycles. The van der Waals surface area contributed by atoms with Gasteiger partial charge in [-0.25, -0.2) is 15.1 Å². The second-order valence-corrected chi connectivity index (χ2v) is 8.44. The summed E-state index contributed by atoms with van der Waals surface area (Å²) in [6.07, 6.45) is 0.938. The number of nitro groups is 1. The number of hydrogen-bond donors (Lipinski definition) is 5. The third-order valence-corrected chi connectivity index (χ3v) is 5.21. The third kappa shape index (κ3) is 11.8. The van der Waals surface area contributed by atoms with Crippen LogP contribution in [0, 0.1) is 22.0 Å². The van der Waals surface area contributed by atoms with Gasteiger partial charge in [0.05, 0.1) is 5.94 Å². The van der Waals surface area contributed by atoms with Crippen molar-refractivity contribution in [1.29, 1.82) is 0 Å².